The first-order valence-corrected chi connectivity index (χ1v) is 9.32. The maximum absolute atomic E-state index is 13.0. The van der Waals surface area contributed by atoms with Crippen LogP contribution in [0.15, 0.2) is 85.2 Å². The number of hydrogen-bond donors (Lipinski definition) is 1. The number of carbonyl (C=O) groups excluding carboxylic acids is 1. The zero-order valence-electron chi connectivity index (χ0n) is 15.6. The number of hydrogen-bond acceptors (Lipinski definition) is 2. The van der Waals surface area contributed by atoms with E-state index in [-0.39, 0.29) is 12.1 Å². The van der Waals surface area contributed by atoms with Crippen LogP contribution in [0, 0.1) is 0 Å². The topological polar surface area (TPSA) is 45.2 Å². The lowest BCUT2D eigenvalue weighted by Crippen LogP contribution is -2.42. The van der Waals surface area contributed by atoms with Gasteiger partial charge in [0.25, 0.3) is 0 Å². The van der Waals surface area contributed by atoms with Crippen LogP contribution in [0.1, 0.15) is 29.7 Å². The first kappa shape index (κ1) is 18.6. The van der Waals surface area contributed by atoms with Gasteiger partial charge in [-0.1, -0.05) is 60.7 Å². The zero-order chi connectivity index (χ0) is 18.9. The predicted molar refractivity (Wildman–Crippen MR) is 108 cm³/mol. The van der Waals surface area contributed by atoms with Crippen molar-refractivity contribution in [3.8, 4) is 0 Å². The molecule has 0 saturated carbocycles. The molecule has 0 radical (unpaired) electrons. The smallest absolute Gasteiger partial charge is 0.318 e. The average molecular weight is 359 g/mol. The van der Waals surface area contributed by atoms with Gasteiger partial charge in [-0.2, -0.15) is 0 Å². The number of urea groups is 1. The van der Waals surface area contributed by atoms with Gasteiger partial charge in [0.2, 0.25) is 0 Å². The standard InChI is InChI=1S/C23H25N3O/c1-2-26(18-15-19-13-16-24-17-14-19)23(27)25-22(20-9-5-3-6-10-20)21-11-7-4-8-12-21/h3-14,16-17,22H,2,15,18H2,1H3,(H,25,27). The van der Waals surface area contributed by atoms with E-state index in [0.717, 1.165) is 17.5 Å². The summed E-state index contributed by atoms with van der Waals surface area (Å²) in [5, 5.41) is 3.21. The SMILES string of the molecule is CCN(CCc1ccncc1)C(=O)NC(c1ccccc1)c1ccccc1. The monoisotopic (exact) mass is 359 g/mol. The maximum atomic E-state index is 13.0. The fourth-order valence-electron chi connectivity index (χ4n) is 3.08. The number of nitrogens with zero attached hydrogens (tertiary/aromatic N) is 2. The number of pyridine rings is 1. The first-order valence-electron chi connectivity index (χ1n) is 9.32. The van der Waals surface area contributed by atoms with Gasteiger partial charge < -0.3 is 10.2 Å². The second-order valence-electron chi connectivity index (χ2n) is 6.39. The minimum Gasteiger partial charge on any atom is -0.327 e. The van der Waals surface area contributed by atoms with Crippen molar-refractivity contribution in [2.24, 2.45) is 0 Å². The Balaban J connectivity index is 1.73. The molecule has 0 aliphatic heterocycles. The summed E-state index contributed by atoms with van der Waals surface area (Å²) in [6, 6.07) is 23.9. The molecule has 0 fully saturated rings. The van der Waals surface area contributed by atoms with E-state index in [2.05, 4.69) is 10.3 Å². The van der Waals surface area contributed by atoms with Crippen molar-refractivity contribution in [1.82, 2.24) is 15.2 Å². The molecule has 0 unspecified atom stereocenters. The fourth-order valence-corrected chi connectivity index (χ4v) is 3.08. The number of benzene rings is 2. The molecule has 0 spiro atoms. The summed E-state index contributed by atoms with van der Waals surface area (Å²) in [6.07, 6.45) is 4.38. The minimum atomic E-state index is -0.171. The second-order valence-corrected chi connectivity index (χ2v) is 6.39. The summed E-state index contributed by atoms with van der Waals surface area (Å²) in [4.78, 5) is 18.8. The Morgan fingerprint density at radius 3 is 2.00 bits per heavy atom. The van der Waals surface area contributed by atoms with Gasteiger partial charge in [0, 0.05) is 25.5 Å². The Kier molecular flexibility index (Phi) is 6.58. The van der Waals surface area contributed by atoms with Crippen LogP contribution in [0.3, 0.4) is 0 Å². The van der Waals surface area contributed by atoms with Crippen molar-refractivity contribution in [1.29, 1.82) is 0 Å². The molecule has 138 valence electrons. The highest BCUT2D eigenvalue weighted by Crippen LogP contribution is 2.22. The lowest BCUT2D eigenvalue weighted by atomic mass is 9.99. The third-order valence-corrected chi connectivity index (χ3v) is 4.62. The van der Waals surface area contributed by atoms with Crippen LogP contribution in [0.5, 0.6) is 0 Å². The highest BCUT2D eigenvalue weighted by molar-refractivity contribution is 5.75. The van der Waals surface area contributed by atoms with Crippen LogP contribution in [0.2, 0.25) is 0 Å². The van der Waals surface area contributed by atoms with Gasteiger partial charge in [-0.3, -0.25) is 4.98 Å². The van der Waals surface area contributed by atoms with Crippen LogP contribution >= 0.6 is 0 Å². The highest BCUT2D eigenvalue weighted by atomic mass is 16.2. The first-order chi connectivity index (χ1) is 13.3. The van der Waals surface area contributed by atoms with Gasteiger partial charge in [0.15, 0.2) is 0 Å². The number of amides is 2. The molecule has 0 aliphatic rings. The summed E-state index contributed by atoms with van der Waals surface area (Å²) in [7, 11) is 0. The van der Waals surface area contributed by atoms with Crippen LogP contribution in [-0.2, 0) is 6.42 Å². The van der Waals surface area contributed by atoms with Gasteiger partial charge in [-0.05, 0) is 42.2 Å². The summed E-state index contributed by atoms with van der Waals surface area (Å²) >= 11 is 0. The van der Waals surface area contributed by atoms with E-state index in [9.17, 15) is 4.79 Å². The van der Waals surface area contributed by atoms with Crippen molar-refractivity contribution in [3.63, 3.8) is 0 Å². The van der Waals surface area contributed by atoms with Gasteiger partial charge in [0.05, 0.1) is 6.04 Å². The van der Waals surface area contributed by atoms with E-state index in [0.29, 0.717) is 13.1 Å². The Bertz CT molecular complexity index is 783. The number of rotatable bonds is 7. The molecule has 2 aromatic carbocycles. The Morgan fingerprint density at radius 2 is 1.48 bits per heavy atom. The average Bonchev–Trinajstić information content (AvgIpc) is 2.74. The molecule has 1 aromatic heterocycles. The van der Waals surface area contributed by atoms with Gasteiger partial charge >= 0.3 is 6.03 Å². The fraction of sp³-hybridized carbons (Fsp3) is 0.217. The molecule has 0 atom stereocenters. The molecule has 0 saturated heterocycles. The Hall–Kier alpha value is -3.14. The van der Waals surface area contributed by atoms with Crippen LogP contribution < -0.4 is 5.32 Å². The zero-order valence-corrected chi connectivity index (χ0v) is 15.6. The van der Waals surface area contributed by atoms with Crippen LogP contribution in [-0.4, -0.2) is 29.0 Å². The van der Waals surface area contributed by atoms with Gasteiger partial charge in [0.1, 0.15) is 0 Å². The van der Waals surface area contributed by atoms with E-state index in [1.807, 2.05) is 84.6 Å². The maximum Gasteiger partial charge on any atom is 0.318 e. The van der Waals surface area contributed by atoms with Crippen LogP contribution in [0.25, 0.3) is 0 Å². The highest BCUT2D eigenvalue weighted by Gasteiger charge is 2.19. The molecule has 4 heteroatoms. The quantitative estimate of drug-likeness (QED) is 0.677. The molecule has 1 N–H and O–H groups in total. The van der Waals surface area contributed by atoms with E-state index >= 15 is 0 Å². The number of carbonyl (C=O) groups is 1. The van der Waals surface area contributed by atoms with E-state index < -0.39 is 0 Å². The van der Waals surface area contributed by atoms with E-state index in [1.165, 1.54) is 5.56 Å². The summed E-state index contributed by atoms with van der Waals surface area (Å²) in [6.45, 7) is 3.34. The molecule has 3 aromatic rings. The molecular weight excluding hydrogens is 334 g/mol. The third kappa shape index (κ3) is 5.17. The molecule has 0 bridgehead atoms. The van der Waals surface area contributed by atoms with E-state index in [4.69, 9.17) is 0 Å². The number of nitrogens with one attached hydrogen (secondary N) is 1. The minimum absolute atomic E-state index is 0.0516. The summed E-state index contributed by atoms with van der Waals surface area (Å²) < 4.78 is 0. The molecule has 27 heavy (non-hydrogen) atoms. The predicted octanol–water partition coefficient (Wildman–Crippen LogP) is 4.45. The summed E-state index contributed by atoms with van der Waals surface area (Å²) in [5.74, 6) is 0. The number of aromatic nitrogens is 1. The van der Waals surface area contributed by atoms with Gasteiger partial charge in [-0.25, -0.2) is 4.79 Å². The molecule has 4 nitrogen and oxygen atoms in total. The van der Waals surface area contributed by atoms with Crippen molar-refractivity contribution in [2.45, 2.75) is 19.4 Å². The van der Waals surface area contributed by atoms with Crippen molar-refractivity contribution < 1.29 is 4.79 Å². The molecule has 1 heterocycles. The summed E-state index contributed by atoms with van der Waals surface area (Å²) in [5.41, 5.74) is 3.32. The third-order valence-electron chi connectivity index (χ3n) is 4.62. The molecule has 0 aliphatic carbocycles. The van der Waals surface area contributed by atoms with Crippen molar-refractivity contribution >= 4 is 6.03 Å². The van der Waals surface area contributed by atoms with Crippen molar-refractivity contribution in [3.05, 3.63) is 102 Å². The molecular formula is C23H25N3O. The number of likely N-dealkylation sites (N-methyl/N-ethyl adjacent to an activating group) is 1. The lowest BCUT2D eigenvalue weighted by molar-refractivity contribution is 0.198. The van der Waals surface area contributed by atoms with Crippen LogP contribution in [0.4, 0.5) is 4.79 Å². The normalized spacial score (nSPS) is 10.6. The second kappa shape index (κ2) is 9.53. The Morgan fingerprint density at radius 1 is 0.926 bits per heavy atom. The molecule has 2 amide bonds. The van der Waals surface area contributed by atoms with Crippen molar-refractivity contribution in [2.75, 3.05) is 13.1 Å². The molecule has 3 rings (SSSR count). The largest absolute Gasteiger partial charge is 0.327 e. The Labute approximate surface area is 160 Å². The lowest BCUT2D eigenvalue weighted by Gasteiger charge is -2.26. The van der Waals surface area contributed by atoms with E-state index in [1.54, 1.807) is 12.4 Å². The van der Waals surface area contributed by atoms with Gasteiger partial charge in [-0.15, -0.1) is 0 Å².